The van der Waals surface area contributed by atoms with Crippen LogP contribution < -0.4 is 0 Å². The van der Waals surface area contributed by atoms with Gasteiger partial charge in [-0.3, -0.25) is 4.55 Å². The lowest BCUT2D eigenvalue weighted by Crippen LogP contribution is -1.97. The van der Waals surface area contributed by atoms with Crippen molar-refractivity contribution in [1.29, 1.82) is 0 Å². The maximum Gasteiger partial charge on any atom is 0.295 e. The number of hydrogen-bond acceptors (Lipinski definition) is 3. The molecule has 0 bridgehead atoms. The van der Waals surface area contributed by atoms with E-state index in [1.807, 2.05) is 30.3 Å². The van der Waals surface area contributed by atoms with Gasteiger partial charge in [0.25, 0.3) is 10.1 Å². The van der Waals surface area contributed by atoms with Crippen molar-refractivity contribution in [2.75, 3.05) is 0 Å². The summed E-state index contributed by atoms with van der Waals surface area (Å²) in [5.41, 5.74) is 0. The molecular formula is C12H8O3S2. The highest BCUT2D eigenvalue weighted by atomic mass is 32.2. The molecule has 17 heavy (non-hydrogen) atoms. The average molecular weight is 264 g/mol. The molecule has 3 aromatic rings. The number of fused-ring (bicyclic) bond motifs is 3. The van der Waals surface area contributed by atoms with Crippen molar-refractivity contribution in [1.82, 2.24) is 0 Å². The van der Waals surface area contributed by atoms with Gasteiger partial charge in [-0.1, -0.05) is 24.3 Å². The molecule has 0 aliphatic heterocycles. The molecule has 5 heteroatoms. The van der Waals surface area contributed by atoms with Gasteiger partial charge in [0.05, 0.1) is 0 Å². The van der Waals surface area contributed by atoms with E-state index in [1.165, 1.54) is 17.4 Å². The van der Waals surface area contributed by atoms with Crippen molar-refractivity contribution in [2.45, 2.75) is 4.90 Å². The monoisotopic (exact) mass is 264 g/mol. The maximum absolute atomic E-state index is 11.3. The fraction of sp³-hybridized carbons (Fsp3) is 0. The summed E-state index contributed by atoms with van der Waals surface area (Å²) in [5, 5.41) is 1.47. The Bertz CT molecular complexity index is 816. The van der Waals surface area contributed by atoms with Gasteiger partial charge in [0.2, 0.25) is 0 Å². The summed E-state index contributed by atoms with van der Waals surface area (Å²) in [6.45, 7) is 0. The SMILES string of the molecule is O=S(=O)(O)c1cccc2sc3ccccc3c12. The van der Waals surface area contributed by atoms with Crippen LogP contribution in [0.1, 0.15) is 0 Å². The van der Waals surface area contributed by atoms with Crippen molar-refractivity contribution in [3.05, 3.63) is 42.5 Å². The van der Waals surface area contributed by atoms with E-state index in [2.05, 4.69) is 0 Å². The molecule has 1 N–H and O–H groups in total. The maximum atomic E-state index is 11.3. The highest BCUT2D eigenvalue weighted by Gasteiger charge is 2.17. The number of benzene rings is 2. The fourth-order valence-corrected chi connectivity index (χ4v) is 3.88. The summed E-state index contributed by atoms with van der Waals surface area (Å²) in [4.78, 5) is -0.0209. The Labute approximate surface area is 102 Å². The summed E-state index contributed by atoms with van der Waals surface area (Å²) in [7, 11) is -4.18. The molecule has 0 unspecified atom stereocenters. The van der Waals surface area contributed by atoms with Gasteiger partial charge in [-0.05, 0) is 18.2 Å². The van der Waals surface area contributed by atoms with Crippen molar-refractivity contribution in [3.63, 3.8) is 0 Å². The third kappa shape index (κ3) is 1.63. The predicted molar refractivity (Wildman–Crippen MR) is 69.1 cm³/mol. The minimum absolute atomic E-state index is 0.0209. The van der Waals surface area contributed by atoms with Crippen LogP contribution >= 0.6 is 11.3 Å². The van der Waals surface area contributed by atoms with Gasteiger partial charge in [0, 0.05) is 20.2 Å². The summed E-state index contributed by atoms with van der Waals surface area (Å²) in [5.74, 6) is 0. The van der Waals surface area contributed by atoms with Crippen LogP contribution in [-0.4, -0.2) is 13.0 Å². The van der Waals surface area contributed by atoms with E-state index in [9.17, 15) is 13.0 Å². The minimum atomic E-state index is -4.18. The predicted octanol–water partition coefficient (Wildman–Crippen LogP) is 3.30. The number of rotatable bonds is 1. The second-order valence-corrected chi connectivity index (χ2v) is 6.18. The Hall–Kier alpha value is -1.43. The molecule has 2 aromatic carbocycles. The van der Waals surface area contributed by atoms with Crippen LogP contribution in [0.25, 0.3) is 20.2 Å². The molecular weight excluding hydrogens is 256 g/mol. The molecule has 1 aromatic heterocycles. The van der Waals surface area contributed by atoms with Gasteiger partial charge in [-0.15, -0.1) is 11.3 Å². The van der Waals surface area contributed by atoms with Gasteiger partial charge >= 0.3 is 0 Å². The Morgan fingerprint density at radius 2 is 1.65 bits per heavy atom. The lowest BCUT2D eigenvalue weighted by molar-refractivity contribution is 0.484. The molecule has 1 heterocycles. The van der Waals surface area contributed by atoms with Crippen molar-refractivity contribution in [2.24, 2.45) is 0 Å². The van der Waals surface area contributed by atoms with Crippen LogP contribution in [0, 0.1) is 0 Å². The van der Waals surface area contributed by atoms with Gasteiger partial charge in [-0.25, -0.2) is 0 Å². The lowest BCUT2D eigenvalue weighted by atomic mass is 10.1. The van der Waals surface area contributed by atoms with Crippen LogP contribution in [0.15, 0.2) is 47.4 Å². The molecule has 0 saturated heterocycles. The first-order valence-electron chi connectivity index (χ1n) is 4.95. The van der Waals surface area contributed by atoms with Crippen molar-refractivity contribution >= 4 is 41.6 Å². The normalized spacial score (nSPS) is 12.3. The zero-order valence-corrected chi connectivity index (χ0v) is 10.3. The third-order valence-corrected chi connectivity index (χ3v) is 4.67. The first kappa shape index (κ1) is 10.7. The summed E-state index contributed by atoms with van der Waals surface area (Å²) in [6.07, 6.45) is 0. The molecule has 0 atom stereocenters. The molecule has 0 radical (unpaired) electrons. The average Bonchev–Trinajstić information content (AvgIpc) is 2.65. The highest BCUT2D eigenvalue weighted by Crippen LogP contribution is 2.37. The number of hydrogen-bond donors (Lipinski definition) is 1. The van der Waals surface area contributed by atoms with Crippen LogP contribution in [0.5, 0.6) is 0 Å². The van der Waals surface area contributed by atoms with Crippen LogP contribution in [-0.2, 0) is 10.1 Å². The largest absolute Gasteiger partial charge is 0.295 e. The first-order valence-corrected chi connectivity index (χ1v) is 7.21. The van der Waals surface area contributed by atoms with Crippen LogP contribution in [0.4, 0.5) is 0 Å². The van der Waals surface area contributed by atoms with Gasteiger partial charge in [-0.2, -0.15) is 8.42 Å². The Morgan fingerprint density at radius 3 is 2.41 bits per heavy atom. The molecule has 0 spiro atoms. The van der Waals surface area contributed by atoms with Gasteiger partial charge in [0.1, 0.15) is 4.90 Å². The Balaban J connectivity index is 2.61. The molecule has 0 aliphatic rings. The van der Waals surface area contributed by atoms with Crippen LogP contribution in [0.3, 0.4) is 0 Å². The molecule has 3 rings (SSSR count). The minimum Gasteiger partial charge on any atom is -0.282 e. The smallest absolute Gasteiger partial charge is 0.282 e. The van der Waals surface area contributed by atoms with E-state index in [4.69, 9.17) is 0 Å². The lowest BCUT2D eigenvalue weighted by Gasteiger charge is -1.99. The molecule has 0 amide bonds. The molecule has 0 saturated carbocycles. The van der Waals surface area contributed by atoms with E-state index in [0.29, 0.717) is 5.39 Å². The Morgan fingerprint density at radius 1 is 0.941 bits per heavy atom. The Kier molecular flexibility index (Phi) is 2.22. The summed E-state index contributed by atoms with van der Waals surface area (Å²) in [6, 6.07) is 12.5. The quantitative estimate of drug-likeness (QED) is 0.686. The standard InChI is InChI=1S/C12H8O3S2/c13-17(14,15)11-7-3-6-10-12(11)8-4-1-2-5-9(8)16-10/h1-7H,(H,13,14,15). The summed E-state index contributed by atoms with van der Waals surface area (Å²) >= 11 is 1.52. The zero-order chi connectivity index (χ0) is 12.0. The zero-order valence-electron chi connectivity index (χ0n) is 8.62. The highest BCUT2D eigenvalue weighted by molar-refractivity contribution is 7.86. The van der Waals surface area contributed by atoms with E-state index in [1.54, 1.807) is 6.07 Å². The van der Waals surface area contributed by atoms with Gasteiger partial charge < -0.3 is 0 Å². The summed E-state index contributed by atoms with van der Waals surface area (Å²) < 4.78 is 33.8. The fourth-order valence-electron chi connectivity index (χ4n) is 1.96. The van der Waals surface area contributed by atoms with E-state index < -0.39 is 10.1 Å². The van der Waals surface area contributed by atoms with Crippen LogP contribution in [0.2, 0.25) is 0 Å². The van der Waals surface area contributed by atoms with E-state index >= 15 is 0 Å². The topological polar surface area (TPSA) is 54.4 Å². The molecule has 3 nitrogen and oxygen atoms in total. The third-order valence-electron chi connectivity index (χ3n) is 2.64. The van der Waals surface area contributed by atoms with Crippen molar-refractivity contribution in [3.8, 4) is 0 Å². The van der Waals surface area contributed by atoms with Gasteiger partial charge in [0.15, 0.2) is 0 Å². The molecule has 0 aliphatic carbocycles. The van der Waals surface area contributed by atoms with Crippen molar-refractivity contribution < 1.29 is 13.0 Å². The number of thiophene rings is 1. The van der Waals surface area contributed by atoms with E-state index in [-0.39, 0.29) is 4.90 Å². The molecule has 86 valence electrons. The van der Waals surface area contributed by atoms with E-state index in [0.717, 1.165) is 14.8 Å². The second-order valence-electron chi connectivity index (χ2n) is 3.70. The second kappa shape index (κ2) is 3.53. The molecule has 0 fully saturated rings. The first-order chi connectivity index (χ1) is 8.07.